The maximum absolute atomic E-state index is 13.1. The van der Waals surface area contributed by atoms with E-state index in [-0.39, 0.29) is 24.9 Å². The molecule has 0 saturated carbocycles. The summed E-state index contributed by atoms with van der Waals surface area (Å²) in [5, 5.41) is 23.7. The van der Waals surface area contributed by atoms with Crippen molar-refractivity contribution in [1.29, 1.82) is 0 Å². The maximum Gasteiger partial charge on any atom is 0.306 e. The predicted molar refractivity (Wildman–Crippen MR) is 245 cm³/mol. The molecule has 57 heavy (non-hydrogen) atoms. The van der Waals surface area contributed by atoms with E-state index in [2.05, 4.69) is 74.7 Å². The second-order valence-electron chi connectivity index (χ2n) is 16.2. The molecular weight excluding hydrogens is 707 g/mol. The Labute approximate surface area is 352 Å². The van der Waals surface area contributed by atoms with E-state index >= 15 is 0 Å². The minimum Gasteiger partial charge on any atom is -0.462 e. The summed E-state index contributed by atoms with van der Waals surface area (Å²) in [7, 11) is 0. The molecule has 0 aliphatic heterocycles. The van der Waals surface area contributed by atoms with E-state index in [1.807, 2.05) is 12.2 Å². The van der Waals surface area contributed by atoms with Crippen LogP contribution in [0.4, 0.5) is 0 Å². The Balaban J connectivity index is 4.62. The molecule has 6 nitrogen and oxygen atoms in total. The molecule has 0 saturated heterocycles. The van der Waals surface area contributed by atoms with Gasteiger partial charge in [0.05, 0.1) is 25.2 Å². The van der Waals surface area contributed by atoms with Gasteiger partial charge in [-0.15, -0.1) is 0 Å². The van der Waals surface area contributed by atoms with Crippen LogP contribution < -0.4 is 5.32 Å². The molecule has 0 radical (unpaired) electrons. The quantitative estimate of drug-likeness (QED) is 0.0325. The topological polar surface area (TPSA) is 95.9 Å². The summed E-state index contributed by atoms with van der Waals surface area (Å²) >= 11 is 0. The monoisotopic (exact) mass is 798 g/mol. The van der Waals surface area contributed by atoms with Gasteiger partial charge < -0.3 is 20.3 Å². The minimum atomic E-state index is -0.799. The van der Waals surface area contributed by atoms with Gasteiger partial charge >= 0.3 is 5.97 Å². The molecule has 6 heteroatoms. The fourth-order valence-corrected chi connectivity index (χ4v) is 7.01. The smallest absolute Gasteiger partial charge is 0.306 e. The summed E-state index contributed by atoms with van der Waals surface area (Å²) in [6, 6.07) is -0.715. The lowest BCUT2D eigenvalue weighted by Crippen LogP contribution is -2.46. The highest BCUT2D eigenvalue weighted by atomic mass is 16.5. The molecule has 0 heterocycles. The maximum atomic E-state index is 13.1. The average molecular weight is 798 g/mol. The van der Waals surface area contributed by atoms with Crippen molar-refractivity contribution in [2.24, 2.45) is 0 Å². The lowest BCUT2D eigenvalue weighted by atomic mass is 10.0. The van der Waals surface area contributed by atoms with Crippen LogP contribution in [0.2, 0.25) is 0 Å². The van der Waals surface area contributed by atoms with Crippen molar-refractivity contribution < 1.29 is 24.5 Å². The lowest BCUT2D eigenvalue weighted by Gasteiger charge is -2.24. The molecule has 330 valence electrons. The van der Waals surface area contributed by atoms with Crippen LogP contribution in [0.5, 0.6) is 0 Å². The number of ether oxygens (including phenoxy) is 1. The van der Waals surface area contributed by atoms with Gasteiger partial charge in [-0.05, 0) is 70.6 Å². The molecule has 3 N–H and O–H groups in total. The third-order valence-corrected chi connectivity index (χ3v) is 10.7. The standard InChI is InChI=1S/C51H91NO5/c1-4-7-10-13-16-19-22-24-25-26-29-32-35-38-41-44-51(56)57-47(42-39-36-33-30-27-21-18-15-12-9-6-3)45-50(55)52-48(46-53)49(54)43-40-37-34-31-28-23-20-17-14-11-8-5-2/h9,12,15-16,18-19,21-22,24,27,47-49,53-54H,4-8,10-11,13-14,17,20,23,25-26,28-46H2,1-3H3,(H,52,55)/b12-9+,18-15+,19-16+,24-22+,27-21-. The lowest BCUT2D eigenvalue weighted by molar-refractivity contribution is -0.151. The van der Waals surface area contributed by atoms with Gasteiger partial charge in [0.25, 0.3) is 0 Å². The van der Waals surface area contributed by atoms with Crippen molar-refractivity contribution in [3.05, 3.63) is 60.8 Å². The van der Waals surface area contributed by atoms with E-state index in [9.17, 15) is 19.8 Å². The van der Waals surface area contributed by atoms with Gasteiger partial charge in [-0.25, -0.2) is 0 Å². The van der Waals surface area contributed by atoms with Crippen LogP contribution in [0.15, 0.2) is 60.8 Å². The normalized spacial score (nSPS) is 13.8. The number of aliphatic hydroxyl groups excluding tert-OH is 2. The zero-order valence-electron chi connectivity index (χ0n) is 37.5. The molecule has 0 spiro atoms. The van der Waals surface area contributed by atoms with Crippen LogP contribution >= 0.6 is 0 Å². The van der Waals surface area contributed by atoms with Crippen LogP contribution in [-0.4, -0.2) is 46.9 Å². The molecule has 0 aromatic rings. The number of unbranched alkanes of at least 4 members (excludes halogenated alkanes) is 23. The van der Waals surface area contributed by atoms with Crippen LogP contribution in [0, 0.1) is 0 Å². The van der Waals surface area contributed by atoms with E-state index in [4.69, 9.17) is 4.74 Å². The Bertz CT molecular complexity index is 1030. The minimum absolute atomic E-state index is 0.0482. The van der Waals surface area contributed by atoms with Crippen molar-refractivity contribution in [3.8, 4) is 0 Å². The first-order chi connectivity index (χ1) is 28.0. The molecule has 3 atom stereocenters. The van der Waals surface area contributed by atoms with E-state index in [0.717, 1.165) is 77.0 Å². The Kier molecular flexibility index (Phi) is 42.7. The second-order valence-corrected chi connectivity index (χ2v) is 16.2. The Morgan fingerprint density at radius 2 is 0.947 bits per heavy atom. The molecule has 0 fully saturated rings. The number of hydrogen-bond donors (Lipinski definition) is 3. The van der Waals surface area contributed by atoms with Gasteiger partial charge in [0.2, 0.25) is 5.91 Å². The fourth-order valence-electron chi connectivity index (χ4n) is 7.01. The first kappa shape index (κ1) is 54.6. The van der Waals surface area contributed by atoms with Crippen molar-refractivity contribution >= 4 is 11.9 Å². The van der Waals surface area contributed by atoms with Gasteiger partial charge in [-0.2, -0.15) is 0 Å². The van der Waals surface area contributed by atoms with Crippen LogP contribution in [0.1, 0.15) is 226 Å². The van der Waals surface area contributed by atoms with Gasteiger partial charge in [0.1, 0.15) is 6.10 Å². The molecule has 0 rings (SSSR count). The molecule has 3 unspecified atom stereocenters. The van der Waals surface area contributed by atoms with Gasteiger partial charge in [0, 0.05) is 6.42 Å². The molecule has 1 amide bonds. The number of carbonyl (C=O) groups excluding carboxylic acids is 2. The van der Waals surface area contributed by atoms with Gasteiger partial charge in [-0.1, -0.05) is 204 Å². The summed E-state index contributed by atoms with van der Waals surface area (Å²) in [5.41, 5.74) is 0. The largest absolute Gasteiger partial charge is 0.462 e. The summed E-state index contributed by atoms with van der Waals surface area (Å²) in [4.78, 5) is 26.0. The van der Waals surface area contributed by atoms with Crippen LogP contribution in [0.3, 0.4) is 0 Å². The van der Waals surface area contributed by atoms with Crippen LogP contribution in [-0.2, 0) is 14.3 Å². The van der Waals surface area contributed by atoms with Crippen molar-refractivity contribution in [1.82, 2.24) is 5.32 Å². The Hall–Kier alpha value is -2.44. The number of hydrogen-bond acceptors (Lipinski definition) is 5. The van der Waals surface area contributed by atoms with E-state index in [1.54, 1.807) is 0 Å². The zero-order chi connectivity index (χ0) is 41.7. The summed E-state index contributed by atoms with van der Waals surface area (Å²) < 4.78 is 5.89. The number of nitrogens with one attached hydrogen (secondary N) is 1. The highest BCUT2D eigenvalue weighted by molar-refractivity contribution is 5.77. The van der Waals surface area contributed by atoms with Gasteiger partial charge in [0.15, 0.2) is 0 Å². The third kappa shape index (κ3) is 40.1. The number of rotatable bonds is 42. The van der Waals surface area contributed by atoms with E-state index < -0.39 is 18.2 Å². The van der Waals surface area contributed by atoms with Crippen molar-refractivity contribution in [2.75, 3.05) is 6.61 Å². The molecule has 0 aromatic carbocycles. The molecular formula is C51H91NO5. The first-order valence-electron chi connectivity index (χ1n) is 24.1. The summed E-state index contributed by atoms with van der Waals surface area (Å²) in [5.74, 6) is -0.525. The van der Waals surface area contributed by atoms with Crippen molar-refractivity contribution in [3.63, 3.8) is 0 Å². The number of amides is 1. The highest BCUT2D eigenvalue weighted by Gasteiger charge is 2.24. The van der Waals surface area contributed by atoms with Gasteiger partial charge in [-0.3, -0.25) is 9.59 Å². The second kappa shape index (κ2) is 44.7. The number of esters is 1. The fraction of sp³-hybridized carbons (Fsp3) is 0.765. The zero-order valence-corrected chi connectivity index (χ0v) is 37.5. The van der Waals surface area contributed by atoms with Crippen LogP contribution in [0.25, 0.3) is 0 Å². The van der Waals surface area contributed by atoms with E-state index in [1.165, 1.54) is 103 Å². The Morgan fingerprint density at radius 1 is 0.526 bits per heavy atom. The Morgan fingerprint density at radius 3 is 1.49 bits per heavy atom. The molecule has 0 aliphatic carbocycles. The average Bonchev–Trinajstić information content (AvgIpc) is 3.20. The van der Waals surface area contributed by atoms with E-state index in [0.29, 0.717) is 19.3 Å². The number of aliphatic hydroxyl groups is 2. The number of carbonyl (C=O) groups is 2. The molecule has 0 bridgehead atoms. The number of allylic oxidation sites excluding steroid dienone is 10. The predicted octanol–water partition coefficient (Wildman–Crippen LogP) is 14.1. The highest BCUT2D eigenvalue weighted by Crippen LogP contribution is 2.17. The summed E-state index contributed by atoms with van der Waals surface area (Å²) in [6.45, 7) is 6.29. The SMILES string of the molecule is CC/C=C/C=C/C=C\CCCCCC(CC(=O)NC(CO)C(O)CCCCCCCCCCCCCC)OC(=O)CCCCCCCC/C=C/C=C/CCCCC. The summed E-state index contributed by atoms with van der Waals surface area (Å²) in [6.07, 6.45) is 54.2. The third-order valence-electron chi connectivity index (χ3n) is 10.7. The molecule has 0 aromatic heterocycles. The van der Waals surface area contributed by atoms with Crippen molar-refractivity contribution in [2.45, 2.75) is 244 Å². The first-order valence-corrected chi connectivity index (χ1v) is 24.1. The molecule has 0 aliphatic rings.